The Morgan fingerprint density at radius 1 is 1.14 bits per heavy atom. The monoisotopic (exact) mass is 240 g/mol. The Morgan fingerprint density at radius 2 is 1.57 bits per heavy atom. The molecule has 0 atom stereocenters. The highest BCUT2D eigenvalue weighted by Crippen LogP contribution is 2.41. The van der Waals surface area contributed by atoms with Crippen molar-refractivity contribution in [1.82, 2.24) is 0 Å². The molecule has 0 aromatic rings. The van der Waals surface area contributed by atoms with Crippen molar-refractivity contribution in [3.8, 4) is 0 Å². The van der Waals surface area contributed by atoms with Crippen LogP contribution in [0.3, 0.4) is 0 Å². The lowest BCUT2D eigenvalue weighted by Gasteiger charge is -2.23. The highest BCUT2D eigenvalue weighted by molar-refractivity contribution is 7.87. The highest BCUT2D eigenvalue weighted by atomic mass is 32.2. The average molecular weight is 240 g/mol. The minimum atomic E-state index is -6.16. The van der Waals surface area contributed by atoms with Gasteiger partial charge in [0, 0.05) is 13.0 Å². The van der Waals surface area contributed by atoms with E-state index in [2.05, 4.69) is 0 Å². The van der Waals surface area contributed by atoms with Crippen molar-refractivity contribution in [3.63, 3.8) is 0 Å². The van der Waals surface area contributed by atoms with E-state index in [4.69, 9.17) is 9.66 Å². The molecule has 14 heavy (non-hydrogen) atoms. The zero-order chi connectivity index (χ0) is 11.6. The van der Waals surface area contributed by atoms with Crippen LogP contribution in [-0.4, -0.2) is 35.9 Å². The van der Waals surface area contributed by atoms with Gasteiger partial charge >= 0.3 is 21.3 Å². The quantitative estimate of drug-likeness (QED) is 0.552. The molecule has 0 saturated heterocycles. The minimum absolute atomic E-state index is 0.696. The largest absolute Gasteiger partial charge is 0.431 e. The summed E-state index contributed by atoms with van der Waals surface area (Å²) in [6.45, 7) is -0.781. The summed E-state index contributed by atoms with van der Waals surface area (Å²) >= 11 is 0. The van der Waals surface area contributed by atoms with Gasteiger partial charge in [-0.25, -0.2) is 0 Å². The Bertz CT molecular complexity index is 286. The molecular formula is C5H8F4O4S. The van der Waals surface area contributed by atoms with Gasteiger partial charge in [-0.3, -0.25) is 4.55 Å². The number of alkyl halides is 4. The maximum Gasteiger partial charge on any atom is 0.431 e. The van der Waals surface area contributed by atoms with Crippen LogP contribution in [0.25, 0.3) is 0 Å². The molecule has 0 saturated carbocycles. The first-order chi connectivity index (χ1) is 6.06. The lowest BCUT2D eigenvalue weighted by molar-refractivity contribution is -0.165. The zero-order valence-corrected chi connectivity index (χ0v) is 7.57. The summed E-state index contributed by atoms with van der Waals surface area (Å²) in [4.78, 5) is 0. The van der Waals surface area contributed by atoms with Crippen molar-refractivity contribution in [3.05, 3.63) is 0 Å². The molecule has 9 heteroatoms. The van der Waals surface area contributed by atoms with E-state index in [0.717, 1.165) is 0 Å². The Balaban J connectivity index is 4.88. The molecule has 0 unspecified atom stereocenters. The van der Waals surface area contributed by atoms with Gasteiger partial charge in [0.25, 0.3) is 0 Å². The van der Waals surface area contributed by atoms with Crippen molar-refractivity contribution in [2.45, 2.75) is 24.0 Å². The van der Waals surface area contributed by atoms with Gasteiger partial charge in [0.05, 0.1) is 0 Å². The van der Waals surface area contributed by atoms with Gasteiger partial charge in [-0.2, -0.15) is 26.0 Å². The van der Waals surface area contributed by atoms with Crippen molar-refractivity contribution in [1.29, 1.82) is 0 Å². The molecule has 2 N–H and O–H groups in total. The standard InChI is InChI=1S/C5H8F4O4S/c6-4(7,2-1-3-10)5(8,9)14(11,12)13/h10H,1-3H2,(H,11,12,13). The first-order valence-electron chi connectivity index (χ1n) is 3.40. The van der Waals surface area contributed by atoms with Crippen molar-refractivity contribution >= 4 is 10.1 Å². The molecule has 0 heterocycles. The second kappa shape index (κ2) is 3.99. The molecule has 0 aliphatic heterocycles. The number of aliphatic hydroxyl groups is 1. The average Bonchev–Trinajstić information content (AvgIpc) is 1.98. The zero-order valence-electron chi connectivity index (χ0n) is 6.75. The molecule has 0 fully saturated rings. The summed E-state index contributed by atoms with van der Waals surface area (Å²) in [6.07, 6.45) is -2.23. The Labute approximate surface area is 77.3 Å². The molecule has 0 aliphatic carbocycles. The van der Waals surface area contributed by atoms with Crippen molar-refractivity contribution in [2.75, 3.05) is 6.61 Å². The second-order valence-electron chi connectivity index (χ2n) is 2.52. The SMILES string of the molecule is O=S(=O)(O)C(F)(F)C(F)(F)CCCO. The number of aliphatic hydroxyl groups excluding tert-OH is 1. The maximum absolute atomic E-state index is 12.5. The lowest BCUT2D eigenvalue weighted by atomic mass is 10.2. The maximum atomic E-state index is 12.5. The van der Waals surface area contributed by atoms with Crippen LogP contribution in [0.5, 0.6) is 0 Å². The van der Waals surface area contributed by atoms with Gasteiger partial charge in [-0.1, -0.05) is 0 Å². The summed E-state index contributed by atoms with van der Waals surface area (Å²) in [6, 6.07) is 0. The van der Waals surface area contributed by atoms with E-state index in [1.165, 1.54) is 0 Å². The first kappa shape index (κ1) is 13.6. The van der Waals surface area contributed by atoms with Crippen molar-refractivity contribution in [2.24, 2.45) is 0 Å². The number of halogens is 4. The van der Waals surface area contributed by atoms with Crippen LogP contribution < -0.4 is 0 Å². The molecule has 0 spiro atoms. The van der Waals surface area contributed by atoms with Crippen LogP contribution in [0.1, 0.15) is 12.8 Å². The van der Waals surface area contributed by atoms with Gasteiger partial charge in [0.2, 0.25) is 0 Å². The van der Waals surface area contributed by atoms with E-state index in [1.807, 2.05) is 0 Å². The van der Waals surface area contributed by atoms with Crippen LogP contribution >= 0.6 is 0 Å². The minimum Gasteiger partial charge on any atom is -0.396 e. The predicted octanol–water partition coefficient (Wildman–Crippen LogP) is 0.875. The van der Waals surface area contributed by atoms with E-state index in [0.29, 0.717) is 0 Å². The molecule has 0 aliphatic rings. The van der Waals surface area contributed by atoms with Gasteiger partial charge in [-0.05, 0) is 6.42 Å². The molecule has 4 nitrogen and oxygen atoms in total. The molecule has 0 aromatic carbocycles. The van der Waals surface area contributed by atoms with E-state index < -0.39 is 40.7 Å². The smallest absolute Gasteiger partial charge is 0.396 e. The van der Waals surface area contributed by atoms with E-state index >= 15 is 0 Å². The Hall–Kier alpha value is -0.410. The molecule has 0 rings (SSSR count). The van der Waals surface area contributed by atoms with Gasteiger partial charge in [-0.15, -0.1) is 0 Å². The molecular weight excluding hydrogens is 232 g/mol. The van der Waals surface area contributed by atoms with Gasteiger partial charge in [0.1, 0.15) is 0 Å². The summed E-state index contributed by atoms with van der Waals surface area (Å²) in [5.74, 6) is -4.90. The molecule has 0 bridgehead atoms. The van der Waals surface area contributed by atoms with Crippen LogP contribution in [0.15, 0.2) is 0 Å². The summed E-state index contributed by atoms with van der Waals surface area (Å²) in [5.41, 5.74) is 0. The molecule has 0 aromatic heterocycles. The molecule has 0 amide bonds. The number of hydrogen-bond donors (Lipinski definition) is 2. The summed E-state index contributed by atoms with van der Waals surface area (Å²) in [7, 11) is -6.16. The predicted molar refractivity (Wildman–Crippen MR) is 37.8 cm³/mol. The first-order valence-corrected chi connectivity index (χ1v) is 4.84. The Morgan fingerprint density at radius 3 is 1.86 bits per heavy atom. The van der Waals surface area contributed by atoms with Crippen molar-refractivity contribution < 1.29 is 35.6 Å². The third-order valence-electron chi connectivity index (χ3n) is 1.40. The topological polar surface area (TPSA) is 74.6 Å². The van der Waals surface area contributed by atoms with Crippen LogP contribution in [0.2, 0.25) is 0 Å². The Kier molecular flexibility index (Phi) is 3.87. The van der Waals surface area contributed by atoms with E-state index in [9.17, 15) is 26.0 Å². The van der Waals surface area contributed by atoms with E-state index in [1.54, 1.807) is 0 Å². The van der Waals surface area contributed by atoms with Gasteiger partial charge < -0.3 is 5.11 Å². The third-order valence-corrected chi connectivity index (χ3v) is 2.35. The fourth-order valence-electron chi connectivity index (χ4n) is 0.635. The van der Waals surface area contributed by atoms with Crippen LogP contribution in [0.4, 0.5) is 17.6 Å². The van der Waals surface area contributed by atoms with Crippen LogP contribution in [-0.2, 0) is 10.1 Å². The highest BCUT2D eigenvalue weighted by Gasteiger charge is 2.64. The van der Waals surface area contributed by atoms with Gasteiger partial charge in [0.15, 0.2) is 0 Å². The summed E-state index contributed by atoms with van der Waals surface area (Å²) in [5, 5.41) is 2.58. The third kappa shape index (κ3) is 2.55. The fraction of sp³-hybridized carbons (Fsp3) is 1.00. The second-order valence-corrected chi connectivity index (χ2v) is 3.99. The normalized spacial score (nSPS) is 14.4. The van der Waals surface area contributed by atoms with Crippen LogP contribution in [0, 0.1) is 0 Å². The fourth-order valence-corrected chi connectivity index (χ4v) is 1.11. The number of rotatable bonds is 5. The summed E-state index contributed by atoms with van der Waals surface area (Å²) < 4.78 is 77.4. The molecule has 86 valence electrons. The number of hydrogen-bond acceptors (Lipinski definition) is 3. The molecule has 0 radical (unpaired) electrons. The van der Waals surface area contributed by atoms with E-state index in [-0.39, 0.29) is 0 Å². The lowest BCUT2D eigenvalue weighted by Crippen LogP contribution is -2.46.